The molecule has 0 aromatic heterocycles. The second kappa shape index (κ2) is 7.01. The highest BCUT2D eigenvalue weighted by Gasteiger charge is 1.99. The molecule has 0 aliphatic heterocycles. The van der Waals surface area contributed by atoms with Gasteiger partial charge in [0.05, 0.1) is 0 Å². The van der Waals surface area contributed by atoms with Gasteiger partial charge in [0.15, 0.2) is 6.61 Å². The largest absolute Gasteiger partial charge is 0.490 e. The number of hydrogen-bond donors (Lipinski definition) is 1. The summed E-state index contributed by atoms with van der Waals surface area (Å²) < 4.78 is 5.41. The summed E-state index contributed by atoms with van der Waals surface area (Å²) in [5, 5.41) is 4.40. The SMILES string of the molecule is CC(C)C(N)=NOCCOc1cccc(Cl)c1. The Morgan fingerprint density at radius 1 is 1.41 bits per heavy atom. The monoisotopic (exact) mass is 256 g/mol. The smallest absolute Gasteiger partial charge is 0.151 e. The number of hydrogen-bond acceptors (Lipinski definition) is 3. The van der Waals surface area contributed by atoms with E-state index in [1.165, 1.54) is 0 Å². The summed E-state index contributed by atoms with van der Waals surface area (Å²) in [7, 11) is 0. The van der Waals surface area contributed by atoms with Crippen LogP contribution in [0.2, 0.25) is 5.02 Å². The first kappa shape index (κ1) is 13.6. The molecule has 5 heteroatoms. The molecule has 2 N–H and O–H groups in total. The summed E-state index contributed by atoms with van der Waals surface area (Å²) in [5.41, 5.74) is 5.60. The third kappa shape index (κ3) is 5.45. The van der Waals surface area contributed by atoms with Crippen molar-refractivity contribution < 1.29 is 9.57 Å². The number of benzene rings is 1. The zero-order valence-corrected chi connectivity index (χ0v) is 10.8. The fourth-order valence-corrected chi connectivity index (χ4v) is 1.16. The van der Waals surface area contributed by atoms with E-state index < -0.39 is 0 Å². The van der Waals surface area contributed by atoms with Gasteiger partial charge in [-0.15, -0.1) is 0 Å². The summed E-state index contributed by atoms with van der Waals surface area (Å²) >= 11 is 5.81. The van der Waals surface area contributed by atoms with Gasteiger partial charge in [-0.05, 0) is 18.2 Å². The van der Waals surface area contributed by atoms with Gasteiger partial charge in [-0.1, -0.05) is 36.7 Å². The molecule has 1 aromatic carbocycles. The average Bonchev–Trinajstić information content (AvgIpc) is 2.28. The molecule has 0 unspecified atom stereocenters. The maximum absolute atomic E-state index is 5.81. The second-order valence-electron chi connectivity index (χ2n) is 3.81. The quantitative estimate of drug-likeness (QED) is 0.368. The number of amidine groups is 1. The number of nitrogens with two attached hydrogens (primary N) is 1. The lowest BCUT2D eigenvalue weighted by atomic mass is 10.2. The van der Waals surface area contributed by atoms with E-state index in [-0.39, 0.29) is 5.92 Å². The molecule has 4 nitrogen and oxygen atoms in total. The van der Waals surface area contributed by atoms with Crippen LogP contribution in [0.5, 0.6) is 5.75 Å². The van der Waals surface area contributed by atoms with E-state index in [1.54, 1.807) is 12.1 Å². The van der Waals surface area contributed by atoms with Crippen LogP contribution >= 0.6 is 11.6 Å². The van der Waals surface area contributed by atoms with E-state index in [4.69, 9.17) is 26.9 Å². The normalized spacial score (nSPS) is 11.6. The molecule has 17 heavy (non-hydrogen) atoms. The molecular weight excluding hydrogens is 240 g/mol. The minimum absolute atomic E-state index is 0.184. The molecule has 0 fully saturated rings. The number of rotatable bonds is 6. The molecule has 0 aliphatic carbocycles. The summed E-state index contributed by atoms with van der Waals surface area (Å²) in [6.45, 7) is 4.64. The Morgan fingerprint density at radius 2 is 2.18 bits per heavy atom. The van der Waals surface area contributed by atoms with Crippen LogP contribution in [0.3, 0.4) is 0 Å². The predicted molar refractivity (Wildman–Crippen MR) is 69.4 cm³/mol. The molecule has 0 bridgehead atoms. The van der Waals surface area contributed by atoms with E-state index in [0.29, 0.717) is 29.8 Å². The van der Waals surface area contributed by atoms with E-state index in [2.05, 4.69) is 5.16 Å². The van der Waals surface area contributed by atoms with E-state index in [9.17, 15) is 0 Å². The van der Waals surface area contributed by atoms with Gasteiger partial charge in [0.1, 0.15) is 18.2 Å². The van der Waals surface area contributed by atoms with Gasteiger partial charge in [-0.3, -0.25) is 0 Å². The van der Waals surface area contributed by atoms with Crippen molar-refractivity contribution in [2.75, 3.05) is 13.2 Å². The van der Waals surface area contributed by atoms with Crippen LogP contribution in [-0.4, -0.2) is 19.0 Å². The Balaban J connectivity index is 2.23. The summed E-state index contributed by atoms with van der Waals surface area (Å²) in [6.07, 6.45) is 0. The lowest BCUT2D eigenvalue weighted by molar-refractivity contribution is 0.106. The summed E-state index contributed by atoms with van der Waals surface area (Å²) in [4.78, 5) is 5.01. The van der Waals surface area contributed by atoms with Crippen LogP contribution in [0.1, 0.15) is 13.8 Å². The lowest BCUT2D eigenvalue weighted by Crippen LogP contribution is -2.19. The van der Waals surface area contributed by atoms with Crippen LogP contribution in [0.4, 0.5) is 0 Å². The van der Waals surface area contributed by atoms with Crippen molar-refractivity contribution >= 4 is 17.4 Å². The van der Waals surface area contributed by atoms with Crippen LogP contribution in [0.25, 0.3) is 0 Å². The number of halogens is 1. The molecule has 0 heterocycles. The Kier molecular flexibility index (Phi) is 5.63. The molecule has 0 saturated heterocycles. The highest BCUT2D eigenvalue weighted by Crippen LogP contribution is 2.16. The minimum atomic E-state index is 0.184. The highest BCUT2D eigenvalue weighted by molar-refractivity contribution is 6.30. The molecule has 1 aromatic rings. The van der Waals surface area contributed by atoms with Gasteiger partial charge >= 0.3 is 0 Å². The van der Waals surface area contributed by atoms with Gasteiger partial charge in [-0.2, -0.15) is 0 Å². The molecule has 0 atom stereocenters. The molecule has 1 rings (SSSR count). The number of nitrogens with zero attached hydrogens (tertiary/aromatic N) is 1. The molecule has 0 amide bonds. The number of ether oxygens (including phenoxy) is 1. The van der Waals surface area contributed by atoms with Crippen LogP contribution in [-0.2, 0) is 4.84 Å². The van der Waals surface area contributed by atoms with Crippen molar-refractivity contribution in [3.63, 3.8) is 0 Å². The van der Waals surface area contributed by atoms with Crippen molar-refractivity contribution in [1.29, 1.82) is 0 Å². The molecule has 0 spiro atoms. The third-order valence-corrected chi connectivity index (χ3v) is 2.24. The van der Waals surface area contributed by atoms with E-state index in [1.807, 2.05) is 26.0 Å². The Morgan fingerprint density at radius 3 is 2.82 bits per heavy atom. The van der Waals surface area contributed by atoms with Gasteiger partial charge < -0.3 is 15.3 Å². The fourth-order valence-electron chi connectivity index (χ4n) is 0.979. The first-order valence-corrected chi connectivity index (χ1v) is 5.81. The average molecular weight is 257 g/mol. The summed E-state index contributed by atoms with van der Waals surface area (Å²) in [6, 6.07) is 7.19. The van der Waals surface area contributed by atoms with Crippen molar-refractivity contribution in [1.82, 2.24) is 0 Å². The fraction of sp³-hybridized carbons (Fsp3) is 0.417. The molecular formula is C12H17ClN2O2. The van der Waals surface area contributed by atoms with Crippen LogP contribution in [0, 0.1) is 5.92 Å². The van der Waals surface area contributed by atoms with Crippen LogP contribution < -0.4 is 10.5 Å². The Labute approximate surface area is 106 Å². The predicted octanol–water partition coefficient (Wildman–Crippen LogP) is 2.66. The maximum atomic E-state index is 5.81. The second-order valence-corrected chi connectivity index (χ2v) is 4.25. The number of oxime groups is 1. The Hall–Kier alpha value is -1.42. The van der Waals surface area contributed by atoms with Crippen LogP contribution in [0.15, 0.2) is 29.4 Å². The topological polar surface area (TPSA) is 56.8 Å². The zero-order chi connectivity index (χ0) is 12.7. The zero-order valence-electron chi connectivity index (χ0n) is 10.0. The third-order valence-electron chi connectivity index (χ3n) is 2.00. The molecule has 0 radical (unpaired) electrons. The molecule has 0 saturated carbocycles. The highest BCUT2D eigenvalue weighted by atomic mass is 35.5. The molecule has 0 aliphatic rings. The first-order chi connectivity index (χ1) is 8.09. The van der Waals surface area contributed by atoms with Gasteiger partial charge in [-0.25, -0.2) is 0 Å². The van der Waals surface area contributed by atoms with Gasteiger partial charge in [0, 0.05) is 10.9 Å². The summed E-state index contributed by atoms with van der Waals surface area (Å²) in [5.74, 6) is 1.37. The van der Waals surface area contributed by atoms with Crippen molar-refractivity contribution in [3.8, 4) is 5.75 Å². The van der Waals surface area contributed by atoms with Crippen molar-refractivity contribution in [2.24, 2.45) is 16.8 Å². The van der Waals surface area contributed by atoms with Crippen molar-refractivity contribution in [3.05, 3.63) is 29.3 Å². The standard InChI is InChI=1S/C12H17ClN2O2/c1-9(2)12(14)15-17-7-6-16-11-5-3-4-10(13)8-11/h3-5,8-9H,6-7H2,1-2H3,(H2,14,15). The Bertz CT molecular complexity index is 381. The lowest BCUT2D eigenvalue weighted by Gasteiger charge is -2.06. The maximum Gasteiger partial charge on any atom is 0.151 e. The van der Waals surface area contributed by atoms with Gasteiger partial charge in [0.2, 0.25) is 0 Å². The molecule has 94 valence electrons. The van der Waals surface area contributed by atoms with Crippen molar-refractivity contribution in [2.45, 2.75) is 13.8 Å². The van der Waals surface area contributed by atoms with E-state index in [0.717, 1.165) is 0 Å². The van der Waals surface area contributed by atoms with Gasteiger partial charge in [0.25, 0.3) is 0 Å². The first-order valence-electron chi connectivity index (χ1n) is 5.43. The minimum Gasteiger partial charge on any atom is -0.490 e. The van der Waals surface area contributed by atoms with E-state index >= 15 is 0 Å².